The van der Waals surface area contributed by atoms with Gasteiger partial charge in [0.1, 0.15) is 5.75 Å². The van der Waals surface area contributed by atoms with E-state index < -0.39 is 6.10 Å². The summed E-state index contributed by atoms with van der Waals surface area (Å²) in [5.41, 5.74) is 1.13. The van der Waals surface area contributed by atoms with Gasteiger partial charge >= 0.3 is 0 Å². The van der Waals surface area contributed by atoms with Crippen LogP contribution in [0.1, 0.15) is 12.5 Å². The summed E-state index contributed by atoms with van der Waals surface area (Å²) in [6, 6.07) is 15.0. The highest BCUT2D eigenvalue weighted by atomic mass is 79.9. The van der Waals surface area contributed by atoms with Crippen molar-refractivity contribution in [1.82, 2.24) is 5.32 Å². The van der Waals surface area contributed by atoms with Crippen LogP contribution in [-0.2, 0) is 11.2 Å². The lowest BCUT2D eigenvalue weighted by Crippen LogP contribution is -2.37. The molecule has 2 aromatic rings. The van der Waals surface area contributed by atoms with Crippen molar-refractivity contribution in [1.29, 1.82) is 0 Å². The van der Waals surface area contributed by atoms with Crippen LogP contribution in [0.25, 0.3) is 0 Å². The van der Waals surface area contributed by atoms with Crippen molar-refractivity contribution in [2.45, 2.75) is 19.4 Å². The molecule has 2 aromatic carbocycles. The minimum Gasteiger partial charge on any atom is -0.481 e. The SMILES string of the molecule is C[C@@H](Oc1ccc(Br)cc1)C(=O)NCCc1ccc(Cl)cc1. The highest BCUT2D eigenvalue weighted by Gasteiger charge is 2.13. The van der Waals surface area contributed by atoms with E-state index in [1.807, 2.05) is 48.5 Å². The highest BCUT2D eigenvalue weighted by molar-refractivity contribution is 9.10. The molecule has 5 heteroatoms. The quantitative estimate of drug-likeness (QED) is 0.812. The first-order valence-electron chi connectivity index (χ1n) is 6.99. The molecule has 0 unspecified atom stereocenters. The van der Waals surface area contributed by atoms with Crippen LogP contribution in [0.3, 0.4) is 0 Å². The van der Waals surface area contributed by atoms with Crippen molar-refractivity contribution < 1.29 is 9.53 Å². The molecule has 0 saturated carbocycles. The van der Waals surface area contributed by atoms with Crippen LogP contribution < -0.4 is 10.1 Å². The van der Waals surface area contributed by atoms with Crippen molar-refractivity contribution in [3.8, 4) is 5.75 Å². The van der Waals surface area contributed by atoms with Crippen LogP contribution in [0.4, 0.5) is 0 Å². The van der Waals surface area contributed by atoms with Crippen LogP contribution in [0.2, 0.25) is 5.02 Å². The average Bonchev–Trinajstić information content (AvgIpc) is 2.51. The highest BCUT2D eigenvalue weighted by Crippen LogP contribution is 2.17. The zero-order chi connectivity index (χ0) is 15.9. The van der Waals surface area contributed by atoms with Gasteiger partial charge in [-0.1, -0.05) is 39.7 Å². The second-order valence-electron chi connectivity index (χ2n) is 4.88. The molecule has 2 rings (SSSR count). The molecule has 1 amide bonds. The van der Waals surface area contributed by atoms with Crippen LogP contribution in [0, 0.1) is 0 Å². The maximum absolute atomic E-state index is 12.0. The maximum Gasteiger partial charge on any atom is 0.260 e. The summed E-state index contributed by atoms with van der Waals surface area (Å²) in [6.07, 6.45) is 0.222. The molecule has 0 bridgehead atoms. The van der Waals surface area contributed by atoms with Crippen molar-refractivity contribution in [3.05, 3.63) is 63.6 Å². The Kier molecular flexibility index (Phi) is 6.28. The molecule has 0 spiro atoms. The molecular weight excluding hydrogens is 366 g/mol. The Bertz CT molecular complexity index is 614. The van der Waals surface area contributed by atoms with E-state index in [2.05, 4.69) is 21.2 Å². The van der Waals surface area contributed by atoms with Crippen LogP contribution in [0.5, 0.6) is 5.75 Å². The van der Waals surface area contributed by atoms with E-state index in [4.69, 9.17) is 16.3 Å². The number of carbonyl (C=O) groups is 1. The van der Waals surface area contributed by atoms with Gasteiger partial charge in [0.25, 0.3) is 5.91 Å². The van der Waals surface area contributed by atoms with Gasteiger partial charge in [0, 0.05) is 16.0 Å². The lowest BCUT2D eigenvalue weighted by atomic mass is 10.1. The Morgan fingerprint density at radius 1 is 1.18 bits per heavy atom. The average molecular weight is 383 g/mol. The molecule has 0 aliphatic rings. The Balaban J connectivity index is 1.76. The molecule has 0 saturated heterocycles. The van der Waals surface area contributed by atoms with Gasteiger partial charge in [0.2, 0.25) is 0 Å². The summed E-state index contributed by atoms with van der Waals surface area (Å²) in [6.45, 7) is 2.30. The number of hydrogen-bond acceptors (Lipinski definition) is 2. The van der Waals surface area contributed by atoms with Gasteiger partial charge in [-0.25, -0.2) is 0 Å². The van der Waals surface area contributed by atoms with E-state index in [-0.39, 0.29) is 5.91 Å². The molecule has 0 aliphatic carbocycles. The van der Waals surface area contributed by atoms with E-state index in [9.17, 15) is 4.79 Å². The third-order valence-corrected chi connectivity index (χ3v) is 3.90. The zero-order valence-corrected chi connectivity index (χ0v) is 14.5. The monoisotopic (exact) mass is 381 g/mol. The van der Waals surface area contributed by atoms with Crippen molar-refractivity contribution in [3.63, 3.8) is 0 Å². The lowest BCUT2D eigenvalue weighted by Gasteiger charge is -2.14. The van der Waals surface area contributed by atoms with E-state index >= 15 is 0 Å². The Morgan fingerprint density at radius 3 is 2.45 bits per heavy atom. The molecule has 0 heterocycles. The topological polar surface area (TPSA) is 38.3 Å². The third kappa shape index (κ3) is 5.35. The summed E-state index contributed by atoms with van der Waals surface area (Å²) < 4.78 is 6.57. The van der Waals surface area contributed by atoms with E-state index in [1.54, 1.807) is 6.92 Å². The molecule has 22 heavy (non-hydrogen) atoms. The minimum absolute atomic E-state index is 0.128. The zero-order valence-electron chi connectivity index (χ0n) is 12.2. The van der Waals surface area contributed by atoms with Gasteiger partial charge in [0.15, 0.2) is 6.10 Å². The van der Waals surface area contributed by atoms with E-state index in [0.717, 1.165) is 16.5 Å². The summed E-state index contributed by atoms with van der Waals surface area (Å²) >= 11 is 9.19. The number of benzene rings is 2. The van der Waals surface area contributed by atoms with Gasteiger partial charge in [-0.15, -0.1) is 0 Å². The largest absolute Gasteiger partial charge is 0.481 e. The Hall–Kier alpha value is -1.52. The summed E-state index contributed by atoms with van der Waals surface area (Å²) in [7, 11) is 0. The van der Waals surface area contributed by atoms with E-state index in [1.165, 1.54) is 0 Å². The third-order valence-electron chi connectivity index (χ3n) is 3.12. The van der Waals surface area contributed by atoms with Crippen LogP contribution in [0.15, 0.2) is 53.0 Å². The summed E-state index contributed by atoms with van der Waals surface area (Å²) in [5.74, 6) is 0.542. The van der Waals surface area contributed by atoms with Gasteiger partial charge in [-0.2, -0.15) is 0 Å². The second-order valence-corrected chi connectivity index (χ2v) is 6.23. The minimum atomic E-state index is -0.536. The van der Waals surface area contributed by atoms with Gasteiger partial charge in [-0.3, -0.25) is 4.79 Å². The maximum atomic E-state index is 12.0. The number of halogens is 2. The molecule has 0 aromatic heterocycles. The standard InChI is InChI=1S/C17H17BrClNO2/c1-12(22-16-8-4-14(18)5-9-16)17(21)20-11-10-13-2-6-15(19)7-3-13/h2-9,12H,10-11H2,1H3,(H,20,21)/t12-/m1/s1. The predicted octanol–water partition coefficient (Wildman–Crippen LogP) is 4.23. The fraction of sp³-hybridized carbons (Fsp3) is 0.235. The Morgan fingerprint density at radius 2 is 1.82 bits per heavy atom. The van der Waals surface area contributed by atoms with Crippen molar-refractivity contribution in [2.75, 3.05) is 6.54 Å². The molecule has 0 radical (unpaired) electrons. The van der Waals surface area contributed by atoms with Crippen LogP contribution in [-0.4, -0.2) is 18.6 Å². The first-order valence-corrected chi connectivity index (χ1v) is 8.16. The van der Waals surface area contributed by atoms with Gasteiger partial charge < -0.3 is 10.1 Å². The summed E-state index contributed by atoms with van der Waals surface area (Å²) in [5, 5.41) is 3.58. The fourth-order valence-electron chi connectivity index (χ4n) is 1.90. The van der Waals surface area contributed by atoms with Crippen molar-refractivity contribution >= 4 is 33.4 Å². The first-order chi connectivity index (χ1) is 10.5. The van der Waals surface area contributed by atoms with Crippen LogP contribution >= 0.6 is 27.5 Å². The lowest BCUT2D eigenvalue weighted by molar-refractivity contribution is -0.127. The van der Waals surface area contributed by atoms with Gasteiger partial charge in [-0.05, 0) is 55.3 Å². The van der Waals surface area contributed by atoms with Gasteiger partial charge in [0.05, 0.1) is 0 Å². The Labute approximate surface area is 143 Å². The molecule has 0 aliphatic heterocycles. The molecule has 116 valence electrons. The first kappa shape index (κ1) is 16.8. The smallest absolute Gasteiger partial charge is 0.260 e. The fourth-order valence-corrected chi connectivity index (χ4v) is 2.29. The predicted molar refractivity (Wildman–Crippen MR) is 92.4 cm³/mol. The second kappa shape index (κ2) is 8.20. The van der Waals surface area contributed by atoms with Crippen molar-refractivity contribution in [2.24, 2.45) is 0 Å². The number of amides is 1. The number of nitrogens with one attached hydrogen (secondary N) is 1. The van der Waals surface area contributed by atoms with E-state index in [0.29, 0.717) is 17.3 Å². The molecule has 3 nitrogen and oxygen atoms in total. The molecule has 0 fully saturated rings. The molecule has 1 atom stereocenters. The number of hydrogen-bond donors (Lipinski definition) is 1. The summed E-state index contributed by atoms with van der Waals surface area (Å²) in [4.78, 5) is 12.0. The number of carbonyl (C=O) groups excluding carboxylic acids is 1. The number of rotatable bonds is 6. The number of ether oxygens (including phenoxy) is 1. The molecular formula is C17H17BrClNO2. The normalized spacial score (nSPS) is 11.8. The molecule has 1 N–H and O–H groups in total.